The molecule has 0 saturated heterocycles. The molecule has 2 aromatic carbocycles. The van der Waals surface area contributed by atoms with Gasteiger partial charge in [-0.15, -0.1) is 0 Å². The van der Waals surface area contributed by atoms with Gasteiger partial charge in [-0.25, -0.2) is 0 Å². The highest BCUT2D eigenvalue weighted by molar-refractivity contribution is 9.12. The van der Waals surface area contributed by atoms with Crippen LogP contribution in [0.1, 0.15) is 37.9 Å². The molecule has 0 saturated carbocycles. The number of hydrogen-bond donors (Lipinski definition) is 6. The molecule has 8 N–H and O–H groups in total. The summed E-state index contributed by atoms with van der Waals surface area (Å²) in [6.45, 7) is 9.78. The maximum Gasteiger partial charge on any atom is 0.270 e. The van der Waals surface area contributed by atoms with E-state index in [-0.39, 0.29) is 17.5 Å². The maximum atomic E-state index is 13.3. The number of anilines is 1. The normalized spacial score (nSPS) is 12.1. The van der Waals surface area contributed by atoms with Gasteiger partial charge in [-0.3, -0.25) is 25.8 Å². The van der Waals surface area contributed by atoms with Crippen LogP contribution in [0, 0.1) is 5.41 Å². The summed E-state index contributed by atoms with van der Waals surface area (Å²) in [6, 6.07) is 11.0. The van der Waals surface area contributed by atoms with Gasteiger partial charge in [0.05, 0.1) is 12.7 Å². The molecule has 0 heterocycles. The zero-order valence-electron chi connectivity index (χ0n) is 21.5. The second-order valence-corrected chi connectivity index (χ2v) is 9.05. The fraction of sp³-hybridized carbons (Fsp3) is 0.222. The zero-order valence-corrected chi connectivity index (χ0v) is 23.1. The standard InChI is InChI=1S/C27H33BrN6O4/c1-5-37-23-15-19(10-13-22(23)38-16(2)3)24(32-20-11-8-18(9-12-20)25(30)31)27(36)34-33-26(35)17(4)21(28)7-6-14-29/h6-16,24,32H,4-5,29H2,1-3H3,(H3,30,31)(H,33,35)(H,34,36)/b14-6-,21-7+. The number of amidine groups is 1. The van der Waals surface area contributed by atoms with Gasteiger partial charge in [-0.1, -0.05) is 12.6 Å². The van der Waals surface area contributed by atoms with Gasteiger partial charge in [0.1, 0.15) is 11.9 Å². The van der Waals surface area contributed by atoms with Gasteiger partial charge in [-0.2, -0.15) is 0 Å². The number of hydrogen-bond acceptors (Lipinski definition) is 7. The van der Waals surface area contributed by atoms with Crippen LogP contribution in [0.4, 0.5) is 5.69 Å². The van der Waals surface area contributed by atoms with E-state index in [4.69, 9.17) is 26.4 Å². The molecule has 0 aromatic heterocycles. The van der Waals surface area contributed by atoms with E-state index in [1.54, 1.807) is 48.5 Å². The van der Waals surface area contributed by atoms with Crippen molar-refractivity contribution in [1.82, 2.24) is 10.9 Å². The highest BCUT2D eigenvalue weighted by Gasteiger charge is 2.24. The average molecular weight is 586 g/mol. The molecule has 0 spiro atoms. The highest BCUT2D eigenvalue weighted by Crippen LogP contribution is 2.33. The first kappa shape index (κ1) is 30.0. The fourth-order valence-electron chi connectivity index (χ4n) is 3.15. The van der Waals surface area contributed by atoms with Crippen molar-refractivity contribution >= 4 is 39.3 Å². The zero-order chi connectivity index (χ0) is 28.2. The van der Waals surface area contributed by atoms with Gasteiger partial charge in [0.15, 0.2) is 11.5 Å². The predicted octanol–water partition coefficient (Wildman–Crippen LogP) is 3.76. The molecular formula is C27H33BrN6O4. The summed E-state index contributed by atoms with van der Waals surface area (Å²) in [5, 5.41) is 10.7. The molecule has 2 amide bonds. The Morgan fingerprint density at radius 2 is 1.82 bits per heavy atom. The van der Waals surface area contributed by atoms with Crippen LogP contribution in [0.25, 0.3) is 0 Å². The van der Waals surface area contributed by atoms with Crippen molar-refractivity contribution in [3.8, 4) is 11.5 Å². The largest absolute Gasteiger partial charge is 0.490 e. The van der Waals surface area contributed by atoms with Crippen molar-refractivity contribution in [2.24, 2.45) is 11.5 Å². The lowest BCUT2D eigenvalue weighted by Crippen LogP contribution is -2.46. The molecule has 202 valence electrons. The van der Waals surface area contributed by atoms with Crippen molar-refractivity contribution in [1.29, 1.82) is 5.41 Å². The van der Waals surface area contributed by atoms with Crippen molar-refractivity contribution in [3.63, 3.8) is 0 Å². The molecule has 0 bridgehead atoms. The number of halogens is 1. The number of allylic oxidation sites excluding steroid dienone is 2. The Morgan fingerprint density at radius 3 is 2.39 bits per heavy atom. The van der Waals surface area contributed by atoms with Crippen LogP contribution in [-0.2, 0) is 9.59 Å². The molecule has 1 unspecified atom stereocenters. The summed E-state index contributed by atoms with van der Waals surface area (Å²) in [4.78, 5) is 25.8. The Morgan fingerprint density at radius 1 is 1.13 bits per heavy atom. The first-order valence-electron chi connectivity index (χ1n) is 11.7. The number of nitrogens with one attached hydrogen (secondary N) is 4. The van der Waals surface area contributed by atoms with E-state index in [1.807, 2.05) is 20.8 Å². The molecule has 0 radical (unpaired) electrons. The second kappa shape index (κ2) is 14.5. The van der Waals surface area contributed by atoms with Gasteiger partial charge in [0.2, 0.25) is 0 Å². The number of hydrazine groups is 1. The molecule has 2 aromatic rings. The monoisotopic (exact) mass is 584 g/mol. The SMILES string of the molecule is C=C(C(=O)NNC(=O)C(Nc1ccc(C(=N)N)cc1)c1ccc(OC(C)C)c(OCC)c1)/C(Br)=C\C=C/N. The Balaban J connectivity index is 2.35. The van der Waals surface area contributed by atoms with Gasteiger partial charge < -0.3 is 26.3 Å². The van der Waals surface area contributed by atoms with Gasteiger partial charge >= 0.3 is 0 Å². The van der Waals surface area contributed by atoms with Crippen molar-refractivity contribution in [2.75, 3.05) is 11.9 Å². The third-order valence-electron chi connectivity index (χ3n) is 4.95. The molecule has 11 heteroatoms. The van der Waals surface area contributed by atoms with Crippen LogP contribution >= 0.6 is 15.9 Å². The summed E-state index contributed by atoms with van der Waals surface area (Å²) in [5.41, 5.74) is 17.4. The molecule has 1 atom stereocenters. The Bertz CT molecular complexity index is 1220. The Labute approximate surface area is 230 Å². The lowest BCUT2D eigenvalue weighted by Gasteiger charge is -2.22. The first-order valence-corrected chi connectivity index (χ1v) is 12.5. The molecule has 0 fully saturated rings. The maximum absolute atomic E-state index is 13.3. The van der Waals surface area contributed by atoms with Gasteiger partial charge in [0, 0.05) is 21.3 Å². The molecule has 10 nitrogen and oxygen atoms in total. The van der Waals surface area contributed by atoms with E-state index in [2.05, 4.69) is 38.7 Å². The van der Waals surface area contributed by atoms with Crippen LogP contribution in [-0.4, -0.2) is 30.4 Å². The number of benzene rings is 2. The lowest BCUT2D eigenvalue weighted by atomic mass is 10.0. The average Bonchev–Trinajstić information content (AvgIpc) is 2.89. The number of nitrogens with two attached hydrogens (primary N) is 2. The van der Waals surface area contributed by atoms with E-state index in [1.165, 1.54) is 12.3 Å². The quantitative estimate of drug-likeness (QED) is 0.0726. The fourth-order valence-corrected chi connectivity index (χ4v) is 3.48. The Hall–Kier alpha value is -4.25. The third-order valence-corrected chi connectivity index (χ3v) is 5.69. The van der Waals surface area contributed by atoms with Crippen molar-refractivity contribution in [3.05, 3.63) is 88.6 Å². The van der Waals surface area contributed by atoms with Crippen LogP contribution in [0.5, 0.6) is 11.5 Å². The molecule has 0 aliphatic carbocycles. The summed E-state index contributed by atoms with van der Waals surface area (Å²) in [6.07, 6.45) is 4.31. The predicted molar refractivity (Wildman–Crippen MR) is 153 cm³/mol. The number of nitrogen functional groups attached to an aromatic ring is 1. The van der Waals surface area contributed by atoms with Gasteiger partial charge in [0.25, 0.3) is 11.8 Å². The van der Waals surface area contributed by atoms with E-state index in [0.29, 0.717) is 39.4 Å². The number of ether oxygens (including phenoxy) is 2. The van der Waals surface area contributed by atoms with Crippen LogP contribution in [0.3, 0.4) is 0 Å². The van der Waals surface area contributed by atoms with E-state index >= 15 is 0 Å². The summed E-state index contributed by atoms with van der Waals surface area (Å²) in [7, 11) is 0. The summed E-state index contributed by atoms with van der Waals surface area (Å²) >= 11 is 3.24. The number of carbonyl (C=O) groups excluding carboxylic acids is 2. The molecule has 2 rings (SSSR count). The number of rotatable bonds is 12. The summed E-state index contributed by atoms with van der Waals surface area (Å²) in [5.74, 6) is -0.220. The number of carbonyl (C=O) groups is 2. The smallest absolute Gasteiger partial charge is 0.270 e. The molecule has 0 aliphatic rings. The molecule has 0 aliphatic heterocycles. The van der Waals surface area contributed by atoms with Crippen molar-refractivity contribution in [2.45, 2.75) is 32.9 Å². The third kappa shape index (κ3) is 8.70. The van der Waals surface area contributed by atoms with E-state index < -0.39 is 17.9 Å². The molecule has 38 heavy (non-hydrogen) atoms. The summed E-state index contributed by atoms with van der Waals surface area (Å²) < 4.78 is 12.0. The topological polar surface area (TPSA) is 165 Å². The minimum Gasteiger partial charge on any atom is -0.490 e. The van der Waals surface area contributed by atoms with Crippen LogP contribution in [0.15, 0.2) is 77.5 Å². The highest BCUT2D eigenvalue weighted by atomic mass is 79.9. The minimum atomic E-state index is -0.946. The second-order valence-electron chi connectivity index (χ2n) is 8.20. The van der Waals surface area contributed by atoms with Crippen LogP contribution in [0.2, 0.25) is 0 Å². The first-order chi connectivity index (χ1) is 18.1. The van der Waals surface area contributed by atoms with E-state index in [9.17, 15) is 9.59 Å². The lowest BCUT2D eigenvalue weighted by molar-refractivity contribution is -0.127. The minimum absolute atomic E-state index is 0.0713. The van der Waals surface area contributed by atoms with Crippen LogP contribution < -0.4 is 37.1 Å². The van der Waals surface area contributed by atoms with E-state index in [0.717, 1.165) is 0 Å². The molecular weight excluding hydrogens is 552 g/mol. The Kier molecular flexibility index (Phi) is 11.4. The van der Waals surface area contributed by atoms with Gasteiger partial charge in [-0.05, 0) is 97.0 Å². The van der Waals surface area contributed by atoms with Crippen molar-refractivity contribution < 1.29 is 19.1 Å². The number of amides is 2.